The molecule has 0 bridgehead atoms. The molecule has 2 aromatic carbocycles. The van der Waals surface area contributed by atoms with Gasteiger partial charge in [-0.2, -0.15) is 5.26 Å². The van der Waals surface area contributed by atoms with Gasteiger partial charge in [-0.05, 0) is 35.9 Å². The molecule has 20 heavy (non-hydrogen) atoms. The average molecular weight is 267 g/mol. The van der Waals surface area contributed by atoms with Crippen molar-refractivity contribution in [3.05, 3.63) is 71.0 Å². The van der Waals surface area contributed by atoms with Gasteiger partial charge >= 0.3 is 0 Å². The summed E-state index contributed by atoms with van der Waals surface area (Å²) in [7, 11) is 0. The smallest absolute Gasteiger partial charge is 0.188 e. The highest BCUT2D eigenvalue weighted by molar-refractivity contribution is 6.07. The van der Waals surface area contributed by atoms with Crippen molar-refractivity contribution in [2.24, 2.45) is 0 Å². The van der Waals surface area contributed by atoms with E-state index in [1.807, 2.05) is 6.07 Å². The molecule has 0 fully saturated rings. The zero-order valence-electron chi connectivity index (χ0n) is 10.4. The highest BCUT2D eigenvalue weighted by atomic mass is 19.1. The van der Waals surface area contributed by atoms with Crippen LogP contribution in [0.25, 0.3) is 6.08 Å². The van der Waals surface area contributed by atoms with Crippen LogP contribution in [-0.4, -0.2) is 10.9 Å². The summed E-state index contributed by atoms with van der Waals surface area (Å²) in [6, 6.07) is 12.0. The molecule has 98 valence electrons. The minimum Gasteiger partial charge on any atom is -0.508 e. The molecular weight excluding hydrogens is 257 g/mol. The highest BCUT2D eigenvalue weighted by Gasteiger charge is 2.09. The Morgan fingerprint density at radius 1 is 1.20 bits per heavy atom. The Hall–Kier alpha value is -2.93. The first-order valence-electron chi connectivity index (χ1n) is 5.81. The van der Waals surface area contributed by atoms with Crippen LogP contribution in [0.15, 0.2) is 48.5 Å². The maximum atomic E-state index is 13.5. The average Bonchev–Trinajstić information content (AvgIpc) is 2.45. The van der Waals surface area contributed by atoms with Crippen molar-refractivity contribution in [2.45, 2.75) is 0 Å². The molecule has 0 spiro atoms. The molecule has 1 N–H and O–H groups in total. The largest absolute Gasteiger partial charge is 0.508 e. The Labute approximate surface area is 115 Å². The van der Waals surface area contributed by atoms with Crippen molar-refractivity contribution in [3.63, 3.8) is 0 Å². The number of hydrogen-bond donors (Lipinski definition) is 1. The minimum atomic E-state index is -0.764. The summed E-state index contributed by atoms with van der Waals surface area (Å²) in [4.78, 5) is 11.8. The second-order valence-corrected chi connectivity index (χ2v) is 4.10. The number of ketones is 1. The van der Waals surface area contributed by atoms with Crippen molar-refractivity contribution >= 4 is 11.9 Å². The van der Waals surface area contributed by atoms with E-state index in [1.54, 1.807) is 24.3 Å². The van der Waals surface area contributed by atoms with E-state index in [9.17, 15) is 9.18 Å². The van der Waals surface area contributed by atoms with Crippen LogP contribution in [-0.2, 0) is 0 Å². The fourth-order valence-corrected chi connectivity index (χ4v) is 1.63. The van der Waals surface area contributed by atoms with Gasteiger partial charge in [0.25, 0.3) is 0 Å². The quantitative estimate of drug-likeness (QED) is 0.685. The zero-order chi connectivity index (χ0) is 14.5. The summed E-state index contributed by atoms with van der Waals surface area (Å²) < 4.78 is 13.5. The van der Waals surface area contributed by atoms with Gasteiger partial charge in [0.1, 0.15) is 11.6 Å². The summed E-state index contributed by atoms with van der Waals surface area (Å²) in [5, 5.41) is 17.7. The van der Waals surface area contributed by atoms with Gasteiger partial charge in [0.05, 0.1) is 17.2 Å². The van der Waals surface area contributed by atoms with Crippen LogP contribution in [0.4, 0.5) is 4.39 Å². The van der Waals surface area contributed by atoms with Crippen molar-refractivity contribution in [2.75, 3.05) is 0 Å². The Kier molecular flexibility index (Phi) is 3.92. The van der Waals surface area contributed by atoms with Gasteiger partial charge in [0.2, 0.25) is 0 Å². The Bertz CT molecular complexity index is 712. The number of hydrogen-bond acceptors (Lipinski definition) is 3. The fraction of sp³-hybridized carbons (Fsp3) is 0. The third-order valence-electron chi connectivity index (χ3n) is 2.69. The van der Waals surface area contributed by atoms with Gasteiger partial charge in [0.15, 0.2) is 5.78 Å². The molecule has 0 aliphatic rings. The first-order chi connectivity index (χ1) is 9.60. The van der Waals surface area contributed by atoms with Crippen LogP contribution in [0.2, 0.25) is 0 Å². The summed E-state index contributed by atoms with van der Waals surface area (Å²) in [5.74, 6) is -1.48. The monoisotopic (exact) mass is 267 g/mol. The number of carbonyl (C=O) groups is 1. The van der Waals surface area contributed by atoms with Gasteiger partial charge in [-0.3, -0.25) is 4.79 Å². The summed E-state index contributed by atoms with van der Waals surface area (Å²) in [6.07, 6.45) is 2.78. The molecule has 0 unspecified atom stereocenters. The molecule has 3 nitrogen and oxygen atoms in total. The SMILES string of the molecule is N#Cc1ccc(C=CC(=O)c2ccc(O)cc2F)cc1. The lowest BCUT2D eigenvalue weighted by Crippen LogP contribution is -1.98. The van der Waals surface area contributed by atoms with Gasteiger partial charge in [-0.15, -0.1) is 0 Å². The molecule has 2 rings (SSSR count). The van der Waals surface area contributed by atoms with E-state index in [4.69, 9.17) is 10.4 Å². The van der Waals surface area contributed by atoms with Crippen LogP contribution in [0, 0.1) is 17.1 Å². The maximum absolute atomic E-state index is 13.5. The van der Waals surface area contributed by atoms with E-state index in [1.165, 1.54) is 24.3 Å². The van der Waals surface area contributed by atoms with Crippen molar-refractivity contribution in [1.82, 2.24) is 0 Å². The van der Waals surface area contributed by atoms with Crippen LogP contribution in [0.5, 0.6) is 5.75 Å². The number of allylic oxidation sites excluding steroid dienone is 1. The van der Waals surface area contributed by atoms with Crippen molar-refractivity contribution in [1.29, 1.82) is 5.26 Å². The number of aromatic hydroxyl groups is 1. The summed E-state index contributed by atoms with van der Waals surface area (Å²) in [6.45, 7) is 0. The van der Waals surface area contributed by atoms with Gasteiger partial charge in [0, 0.05) is 6.07 Å². The number of nitrogens with zero attached hydrogens (tertiary/aromatic N) is 1. The van der Waals surface area contributed by atoms with Crippen LogP contribution in [0.3, 0.4) is 0 Å². The second-order valence-electron chi connectivity index (χ2n) is 4.10. The first-order valence-corrected chi connectivity index (χ1v) is 5.81. The van der Waals surface area contributed by atoms with Crippen molar-refractivity contribution < 1.29 is 14.3 Å². The van der Waals surface area contributed by atoms with Crippen LogP contribution < -0.4 is 0 Å². The van der Waals surface area contributed by atoms with Gasteiger partial charge in [-0.1, -0.05) is 18.2 Å². The third kappa shape index (κ3) is 3.09. The normalized spacial score (nSPS) is 10.4. The summed E-state index contributed by atoms with van der Waals surface area (Å²) >= 11 is 0. The Morgan fingerprint density at radius 2 is 1.90 bits per heavy atom. The highest BCUT2D eigenvalue weighted by Crippen LogP contribution is 2.16. The Morgan fingerprint density at radius 3 is 2.50 bits per heavy atom. The molecular formula is C16H10FNO2. The van der Waals surface area contributed by atoms with E-state index < -0.39 is 11.6 Å². The van der Waals surface area contributed by atoms with Gasteiger partial charge < -0.3 is 5.11 Å². The third-order valence-corrected chi connectivity index (χ3v) is 2.69. The number of halogens is 1. The number of rotatable bonds is 3. The predicted octanol–water partition coefficient (Wildman–Crippen LogP) is 3.30. The lowest BCUT2D eigenvalue weighted by Gasteiger charge is -1.99. The van der Waals surface area contributed by atoms with E-state index >= 15 is 0 Å². The molecule has 0 aromatic heterocycles. The predicted molar refractivity (Wildman–Crippen MR) is 72.6 cm³/mol. The minimum absolute atomic E-state index is 0.104. The van der Waals surface area contributed by atoms with E-state index in [2.05, 4.69) is 0 Å². The van der Waals surface area contributed by atoms with E-state index in [0.29, 0.717) is 5.56 Å². The van der Waals surface area contributed by atoms with Crippen molar-refractivity contribution in [3.8, 4) is 11.8 Å². The van der Waals surface area contributed by atoms with Crippen LogP contribution in [0.1, 0.15) is 21.5 Å². The number of nitriles is 1. The van der Waals surface area contributed by atoms with E-state index in [0.717, 1.165) is 11.6 Å². The molecule has 0 saturated heterocycles. The number of benzene rings is 2. The molecule has 0 amide bonds. The number of phenolic OH excluding ortho intramolecular Hbond substituents is 1. The topological polar surface area (TPSA) is 61.1 Å². The molecule has 0 aliphatic heterocycles. The molecule has 4 heteroatoms. The van der Waals surface area contributed by atoms with E-state index in [-0.39, 0.29) is 11.3 Å². The second kappa shape index (κ2) is 5.81. The van der Waals surface area contributed by atoms with Gasteiger partial charge in [-0.25, -0.2) is 4.39 Å². The molecule has 0 aliphatic carbocycles. The fourth-order valence-electron chi connectivity index (χ4n) is 1.63. The molecule has 2 aromatic rings. The maximum Gasteiger partial charge on any atom is 0.188 e. The Balaban J connectivity index is 2.18. The number of phenols is 1. The molecule has 0 radical (unpaired) electrons. The number of carbonyl (C=O) groups excluding carboxylic acids is 1. The molecule has 0 heterocycles. The molecule has 0 saturated carbocycles. The lowest BCUT2D eigenvalue weighted by molar-refractivity contribution is 0.104. The first kappa shape index (κ1) is 13.5. The molecule has 0 atom stereocenters. The summed E-state index contributed by atoms with van der Waals surface area (Å²) in [5.41, 5.74) is 1.15. The zero-order valence-corrected chi connectivity index (χ0v) is 10.4. The van der Waals surface area contributed by atoms with Crippen LogP contribution >= 0.6 is 0 Å². The standard InChI is InChI=1S/C16H10FNO2/c17-15-9-13(19)6-7-14(15)16(20)8-5-11-1-3-12(10-18)4-2-11/h1-9,19H. The lowest BCUT2D eigenvalue weighted by atomic mass is 10.1.